The summed E-state index contributed by atoms with van der Waals surface area (Å²) < 4.78 is 40.4. The van der Waals surface area contributed by atoms with Gasteiger partial charge in [-0.1, -0.05) is 17.7 Å². The summed E-state index contributed by atoms with van der Waals surface area (Å²) in [4.78, 5) is 29.2. The van der Waals surface area contributed by atoms with Crippen LogP contribution in [0.4, 0.5) is 18.9 Å². The van der Waals surface area contributed by atoms with Gasteiger partial charge in [0.15, 0.2) is 5.65 Å². The lowest BCUT2D eigenvalue weighted by Gasteiger charge is -2.10. The van der Waals surface area contributed by atoms with E-state index in [2.05, 4.69) is 15.4 Å². The molecule has 0 fully saturated rings. The van der Waals surface area contributed by atoms with Crippen LogP contribution in [-0.2, 0) is 17.5 Å². The number of hydrogen-bond donors (Lipinski definition) is 1. The Morgan fingerprint density at radius 2 is 1.87 bits per heavy atom. The molecule has 0 spiro atoms. The predicted molar refractivity (Wildman–Crippen MR) is 108 cm³/mol. The molecule has 4 aromatic rings. The summed E-state index contributed by atoms with van der Waals surface area (Å²) in [7, 11) is 0. The van der Waals surface area contributed by atoms with E-state index in [9.17, 15) is 22.8 Å². The van der Waals surface area contributed by atoms with Gasteiger partial charge in [0.05, 0.1) is 17.4 Å². The summed E-state index contributed by atoms with van der Waals surface area (Å²) in [6.07, 6.45) is -1.91. The number of carbonyl (C=O) groups is 1. The van der Waals surface area contributed by atoms with Gasteiger partial charge in [0.2, 0.25) is 5.91 Å². The maximum absolute atomic E-state index is 12.7. The van der Waals surface area contributed by atoms with Crippen LogP contribution < -0.4 is 10.9 Å². The third kappa shape index (κ3) is 4.29. The second-order valence-corrected chi connectivity index (χ2v) is 7.01. The van der Waals surface area contributed by atoms with Crippen molar-refractivity contribution in [2.75, 3.05) is 5.32 Å². The average molecular weight is 448 g/mol. The molecule has 7 nitrogen and oxygen atoms in total. The first kappa shape index (κ1) is 20.6. The number of rotatable bonds is 4. The van der Waals surface area contributed by atoms with Crippen LogP contribution in [0.3, 0.4) is 0 Å². The monoisotopic (exact) mass is 447 g/mol. The van der Waals surface area contributed by atoms with E-state index in [1.54, 1.807) is 24.3 Å². The summed E-state index contributed by atoms with van der Waals surface area (Å²) in [6, 6.07) is 10.9. The second-order valence-electron chi connectivity index (χ2n) is 6.57. The lowest BCUT2D eigenvalue weighted by molar-refractivity contribution is -0.137. The normalized spacial score (nSPS) is 11.6. The summed E-state index contributed by atoms with van der Waals surface area (Å²) >= 11 is 6.00. The van der Waals surface area contributed by atoms with E-state index in [0.29, 0.717) is 16.4 Å². The van der Waals surface area contributed by atoms with Gasteiger partial charge in [0, 0.05) is 10.7 Å². The number of amides is 1. The highest BCUT2D eigenvalue weighted by atomic mass is 35.5. The third-order valence-corrected chi connectivity index (χ3v) is 4.65. The van der Waals surface area contributed by atoms with Crippen LogP contribution in [0.1, 0.15) is 5.56 Å². The van der Waals surface area contributed by atoms with Crippen molar-refractivity contribution in [1.29, 1.82) is 0 Å². The van der Waals surface area contributed by atoms with Crippen molar-refractivity contribution in [3.8, 4) is 5.69 Å². The number of carbonyl (C=O) groups excluding carboxylic acids is 1. The molecule has 0 aliphatic heterocycles. The molecule has 0 saturated carbocycles. The first-order chi connectivity index (χ1) is 14.7. The first-order valence-electron chi connectivity index (χ1n) is 8.88. The van der Waals surface area contributed by atoms with Crippen molar-refractivity contribution in [1.82, 2.24) is 19.3 Å². The minimum absolute atomic E-state index is 0.175. The van der Waals surface area contributed by atoms with Gasteiger partial charge in [-0.25, -0.2) is 9.67 Å². The van der Waals surface area contributed by atoms with Crippen molar-refractivity contribution in [3.05, 3.63) is 82.0 Å². The molecule has 0 radical (unpaired) electrons. The number of aromatic nitrogens is 4. The number of hydrogen-bond acceptors (Lipinski definition) is 4. The molecule has 0 saturated heterocycles. The lowest BCUT2D eigenvalue weighted by atomic mass is 10.2. The molecule has 4 rings (SSSR count). The van der Waals surface area contributed by atoms with Crippen LogP contribution in [-0.4, -0.2) is 25.2 Å². The molecule has 1 amide bonds. The Morgan fingerprint density at radius 1 is 1.13 bits per heavy atom. The SMILES string of the molecule is O=C(Cn1cnc2c(cnn2-c2cccc(Cl)c2)c1=O)Nc1ccc(C(F)(F)F)cc1. The van der Waals surface area contributed by atoms with Crippen LogP contribution >= 0.6 is 11.6 Å². The van der Waals surface area contributed by atoms with Gasteiger partial charge >= 0.3 is 6.18 Å². The number of nitrogens with one attached hydrogen (secondary N) is 1. The van der Waals surface area contributed by atoms with Gasteiger partial charge < -0.3 is 5.32 Å². The predicted octanol–water partition coefficient (Wildman–Crippen LogP) is 3.89. The number of nitrogens with zero attached hydrogens (tertiary/aromatic N) is 4. The Bertz CT molecular complexity index is 1330. The van der Waals surface area contributed by atoms with E-state index >= 15 is 0 Å². The largest absolute Gasteiger partial charge is 0.416 e. The second kappa shape index (κ2) is 7.88. The summed E-state index contributed by atoms with van der Waals surface area (Å²) in [5.41, 5.74) is -0.221. The number of halogens is 4. The molecule has 11 heteroatoms. The molecule has 0 atom stereocenters. The fourth-order valence-electron chi connectivity index (χ4n) is 2.96. The molecular formula is C20H13ClF3N5O2. The van der Waals surface area contributed by atoms with Crippen molar-refractivity contribution in [2.24, 2.45) is 0 Å². The quantitative estimate of drug-likeness (QED) is 0.514. The maximum atomic E-state index is 12.7. The van der Waals surface area contributed by atoms with Gasteiger partial charge in [-0.15, -0.1) is 0 Å². The van der Waals surface area contributed by atoms with Crippen LogP contribution in [0, 0.1) is 0 Å². The Balaban J connectivity index is 1.54. The summed E-state index contributed by atoms with van der Waals surface area (Å²) in [5, 5.41) is 7.32. The lowest BCUT2D eigenvalue weighted by Crippen LogP contribution is -2.27. The van der Waals surface area contributed by atoms with Crippen LogP contribution in [0.2, 0.25) is 5.02 Å². The topological polar surface area (TPSA) is 81.8 Å². The highest BCUT2D eigenvalue weighted by molar-refractivity contribution is 6.30. The smallest absolute Gasteiger partial charge is 0.325 e. The Morgan fingerprint density at radius 3 is 2.55 bits per heavy atom. The highest BCUT2D eigenvalue weighted by Gasteiger charge is 2.30. The fraction of sp³-hybridized carbons (Fsp3) is 0.100. The van der Waals surface area contributed by atoms with E-state index in [-0.39, 0.29) is 17.6 Å². The van der Waals surface area contributed by atoms with Gasteiger partial charge in [0.25, 0.3) is 5.56 Å². The van der Waals surface area contributed by atoms with Crippen LogP contribution in [0.25, 0.3) is 16.7 Å². The van der Waals surface area contributed by atoms with E-state index in [1.165, 1.54) is 17.2 Å². The first-order valence-corrected chi connectivity index (χ1v) is 9.26. The Labute approximate surface area is 177 Å². The van der Waals surface area contributed by atoms with Gasteiger partial charge in [-0.05, 0) is 42.5 Å². The summed E-state index contributed by atoms with van der Waals surface area (Å²) in [6.45, 7) is -0.370. The van der Waals surface area contributed by atoms with Gasteiger partial charge in [-0.3, -0.25) is 14.2 Å². The Hall–Kier alpha value is -3.66. The van der Waals surface area contributed by atoms with Crippen LogP contribution in [0.5, 0.6) is 0 Å². The number of benzene rings is 2. The number of alkyl halides is 3. The van der Waals surface area contributed by atoms with E-state index in [4.69, 9.17) is 11.6 Å². The van der Waals surface area contributed by atoms with E-state index in [1.807, 2.05) is 0 Å². The molecule has 2 aromatic heterocycles. The molecule has 0 aliphatic rings. The van der Waals surface area contributed by atoms with Gasteiger partial charge in [0.1, 0.15) is 18.3 Å². The number of fused-ring (bicyclic) bond motifs is 1. The zero-order valence-corrected chi connectivity index (χ0v) is 16.4. The minimum atomic E-state index is -4.47. The van der Waals surface area contributed by atoms with Crippen molar-refractivity contribution < 1.29 is 18.0 Å². The molecule has 1 N–H and O–H groups in total. The Kier molecular flexibility index (Phi) is 5.24. The zero-order chi connectivity index (χ0) is 22.2. The molecule has 0 aliphatic carbocycles. The molecule has 0 unspecified atom stereocenters. The van der Waals surface area contributed by atoms with E-state index in [0.717, 1.165) is 28.8 Å². The zero-order valence-electron chi connectivity index (χ0n) is 15.6. The van der Waals surface area contributed by atoms with Crippen molar-refractivity contribution in [2.45, 2.75) is 12.7 Å². The van der Waals surface area contributed by atoms with Crippen LogP contribution in [0.15, 0.2) is 65.8 Å². The third-order valence-electron chi connectivity index (χ3n) is 4.42. The fourth-order valence-corrected chi connectivity index (χ4v) is 3.14. The van der Waals surface area contributed by atoms with Crippen molar-refractivity contribution >= 4 is 34.2 Å². The molecule has 0 bridgehead atoms. The molecule has 158 valence electrons. The minimum Gasteiger partial charge on any atom is -0.325 e. The van der Waals surface area contributed by atoms with E-state index < -0.39 is 23.2 Å². The molecule has 31 heavy (non-hydrogen) atoms. The van der Waals surface area contributed by atoms with Crippen molar-refractivity contribution in [3.63, 3.8) is 0 Å². The van der Waals surface area contributed by atoms with Gasteiger partial charge in [-0.2, -0.15) is 18.3 Å². The molecule has 2 aromatic carbocycles. The standard InChI is InChI=1S/C20H13ClF3N5O2/c21-13-2-1-3-15(8-13)29-18-16(9-26-29)19(31)28(11-25-18)10-17(30)27-14-6-4-12(5-7-14)20(22,23)24/h1-9,11H,10H2,(H,27,30). The molecular weight excluding hydrogens is 435 g/mol. The molecule has 2 heterocycles. The highest BCUT2D eigenvalue weighted by Crippen LogP contribution is 2.29. The maximum Gasteiger partial charge on any atom is 0.416 e. The average Bonchev–Trinajstić information content (AvgIpc) is 3.15. The number of anilines is 1. The summed E-state index contributed by atoms with van der Waals surface area (Å²) in [5.74, 6) is -0.592.